The highest BCUT2D eigenvalue weighted by Crippen LogP contribution is 2.26. The van der Waals surface area contributed by atoms with Crippen LogP contribution in [0.3, 0.4) is 0 Å². The minimum absolute atomic E-state index is 0.599. The van der Waals surface area contributed by atoms with Crippen LogP contribution in [0.25, 0.3) is 0 Å². The molecule has 0 amide bonds. The summed E-state index contributed by atoms with van der Waals surface area (Å²) in [6.07, 6.45) is 3.31. The summed E-state index contributed by atoms with van der Waals surface area (Å²) in [5, 5.41) is 3.43. The van der Waals surface area contributed by atoms with Gasteiger partial charge in [0.2, 0.25) is 0 Å². The first-order valence-corrected chi connectivity index (χ1v) is 7.91. The largest absolute Gasteiger partial charge is 0.497 e. The Kier molecular flexibility index (Phi) is 6.83. The van der Waals surface area contributed by atoms with E-state index in [0.29, 0.717) is 5.92 Å². The quantitative estimate of drug-likeness (QED) is 0.748. The van der Waals surface area contributed by atoms with Crippen molar-refractivity contribution >= 4 is 0 Å². The maximum Gasteiger partial charge on any atom is 0.127 e. The maximum absolute atomic E-state index is 6.07. The molecule has 1 aliphatic heterocycles. The van der Waals surface area contributed by atoms with Crippen LogP contribution in [0.15, 0.2) is 18.2 Å². The van der Waals surface area contributed by atoms with E-state index in [9.17, 15) is 0 Å². The Morgan fingerprint density at radius 1 is 1.29 bits per heavy atom. The van der Waals surface area contributed by atoms with Crippen molar-refractivity contribution in [2.75, 3.05) is 33.5 Å². The number of hydrogen-bond acceptors (Lipinski definition) is 4. The molecule has 2 rings (SSSR count). The fourth-order valence-corrected chi connectivity index (χ4v) is 2.46. The monoisotopic (exact) mass is 293 g/mol. The second kappa shape index (κ2) is 8.90. The zero-order valence-electron chi connectivity index (χ0n) is 13.2. The molecule has 1 aliphatic rings. The summed E-state index contributed by atoms with van der Waals surface area (Å²) in [7, 11) is 1.69. The number of hydrogen-bond donors (Lipinski definition) is 1. The van der Waals surface area contributed by atoms with Crippen molar-refractivity contribution in [2.45, 2.75) is 32.7 Å². The Hall–Kier alpha value is -1.26. The SMILES string of the molecule is CCCNCc1ccc(OC)cc1OCC1CCOCC1. The van der Waals surface area contributed by atoms with Crippen LogP contribution in [0.5, 0.6) is 11.5 Å². The van der Waals surface area contributed by atoms with E-state index in [1.54, 1.807) is 7.11 Å². The summed E-state index contributed by atoms with van der Waals surface area (Å²) in [6.45, 7) is 6.50. The Morgan fingerprint density at radius 3 is 2.81 bits per heavy atom. The highest BCUT2D eigenvalue weighted by Gasteiger charge is 2.15. The van der Waals surface area contributed by atoms with Crippen molar-refractivity contribution < 1.29 is 14.2 Å². The van der Waals surface area contributed by atoms with Crippen molar-refractivity contribution in [3.63, 3.8) is 0 Å². The van der Waals surface area contributed by atoms with Crippen LogP contribution in [0, 0.1) is 5.92 Å². The molecule has 1 fully saturated rings. The first kappa shape index (κ1) is 16.1. The van der Waals surface area contributed by atoms with Crippen molar-refractivity contribution in [2.24, 2.45) is 5.92 Å². The van der Waals surface area contributed by atoms with Gasteiger partial charge in [-0.25, -0.2) is 0 Å². The molecule has 0 aromatic heterocycles. The fourth-order valence-electron chi connectivity index (χ4n) is 2.46. The van der Waals surface area contributed by atoms with Gasteiger partial charge in [0.05, 0.1) is 13.7 Å². The number of methoxy groups -OCH3 is 1. The van der Waals surface area contributed by atoms with Gasteiger partial charge in [-0.1, -0.05) is 13.0 Å². The van der Waals surface area contributed by atoms with E-state index in [1.165, 1.54) is 5.56 Å². The third-order valence-electron chi connectivity index (χ3n) is 3.83. The van der Waals surface area contributed by atoms with Crippen LogP contribution < -0.4 is 14.8 Å². The molecule has 0 bridgehead atoms. The Balaban J connectivity index is 1.96. The minimum atomic E-state index is 0.599. The van der Waals surface area contributed by atoms with Gasteiger partial charge in [0.15, 0.2) is 0 Å². The first-order valence-electron chi connectivity index (χ1n) is 7.91. The second-order valence-corrected chi connectivity index (χ2v) is 5.52. The molecular formula is C17H27NO3. The van der Waals surface area contributed by atoms with Crippen LogP contribution in [0.2, 0.25) is 0 Å². The maximum atomic E-state index is 6.07. The van der Waals surface area contributed by atoms with Crippen LogP contribution in [0.1, 0.15) is 31.7 Å². The summed E-state index contributed by atoms with van der Waals surface area (Å²) in [5.74, 6) is 2.38. The van der Waals surface area contributed by atoms with Crippen molar-refractivity contribution in [1.29, 1.82) is 0 Å². The number of nitrogens with one attached hydrogen (secondary N) is 1. The molecular weight excluding hydrogens is 266 g/mol. The summed E-state index contributed by atoms with van der Waals surface area (Å²) in [4.78, 5) is 0. The summed E-state index contributed by atoms with van der Waals surface area (Å²) < 4.78 is 16.8. The van der Waals surface area contributed by atoms with Gasteiger partial charge >= 0.3 is 0 Å². The number of ether oxygens (including phenoxy) is 3. The van der Waals surface area contributed by atoms with Crippen LogP contribution in [0.4, 0.5) is 0 Å². The molecule has 0 atom stereocenters. The average Bonchev–Trinajstić information content (AvgIpc) is 2.55. The molecule has 1 aromatic carbocycles. The molecule has 0 aliphatic carbocycles. The van der Waals surface area contributed by atoms with Gasteiger partial charge in [-0.05, 0) is 37.8 Å². The normalized spacial score (nSPS) is 15.9. The van der Waals surface area contributed by atoms with E-state index < -0.39 is 0 Å². The van der Waals surface area contributed by atoms with Gasteiger partial charge < -0.3 is 19.5 Å². The predicted molar refractivity (Wildman–Crippen MR) is 84.0 cm³/mol. The molecule has 0 unspecified atom stereocenters. The molecule has 1 heterocycles. The standard InChI is InChI=1S/C17H27NO3/c1-3-8-18-12-15-4-5-16(19-2)11-17(15)21-13-14-6-9-20-10-7-14/h4-5,11,14,18H,3,6-10,12-13H2,1-2H3. The van der Waals surface area contributed by atoms with E-state index >= 15 is 0 Å². The Morgan fingerprint density at radius 2 is 2.10 bits per heavy atom. The molecule has 0 spiro atoms. The molecule has 1 aromatic rings. The van der Waals surface area contributed by atoms with E-state index in [2.05, 4.69) is 18.3 Å². The topological polar surface area (TPSA) is 39.7 Å². The lowest BCUT2D eigenvalue weighted by Gasteiger charge is -2.23. The average molecular weight is 293 g/mol. The molecule has 4 heteroatoms. The lowest BCUT2D eigenvalue weighted by Crippen LogP contribution is -2.22. The minimum Gasteiger partial charge on any atom is -0.497 e. The molecule has 21 heavy (non-hydrogen) atoms. The second-order valence-electron chi connectivity index (χ2n) is 5.52. The zero-order valence-corrected chi connectivity index (χ0v) is 13.2. The highest BCUT2D eigenvalue weighted by molar-refractivity contribution is 5.40. The molecule has 118 valence electrons. The van der Waals surface area contributed by atoms with Gasteiger partial charge in [-0.2, -0.15) is 0 Å². The smallest absolute Gasteiger partial charge is 0.127 e. The predicted octanol–water partition coefficient (Wildman–Crippen LogP) is 3.00. The van der Waals surface area contributed by atoms with Gasteiger partial charge in [0.1, 0.15) is 11.5 Å². The molecule has 0 saturated carbocycles. The summed E-state index contributed by atoms with van der Waals surface area (Å²) in [5.41, 5.74) is 1.19. The Bertz CT molecular complexity index is 416. The van der Waals surface area contributed by atoms with Gasteiger partial charge in [-0.3, -0.25) is 0 Å². The van der Waals surface area contributed by atoms with E-state index in [0.717, 1.165) is 63.7 Å². The summed E-state index contributed by atoms with van der Waals surface area (Å²) in [6, 6.07) is 6.06. The van der Waals surface area contributed by atoms with Crippen molar-refractivity contribution in [3.8, 4) is 11.5 Å². The highest BCUT2D eigenvalue weighted by atomic mass is 16.5. The van der Waals surface area contributed by atoms with Gasteiger partial charge in [-0.15, -0.1) is 0 Å². The zero-order chi connectivity index (χ0) is 14.9. The molecule has 0 radical (unpaired) electrons. The van der Waals surface area contributed by atoms with Crippen LogP contribution in [-0.2, 0) is 11.3 Å². The fraction of sp³-hybridized carbons (Fsp3) is 0.647. The van der Waals surface area contributed by atoms with Crippen LogP contribution in [-0.4, -0.2) is 33.5 Å². The van der Waals surface area contributed by atoms with Gasteiger partial charge in [0.25, 0.3) is 0 Å². The Labute approximate surface area is 127 Å². The van der Waals surface area contributed by atoms with Crippen LogP contribution >= 0.6 is 0 Å². The van der Waals surface area contributed by atoms with Crippen molar-refractivity contribution in [3.05, 3.63) is 23.8 Å². The third-order valence-corrected chi connectivity index (χ3v) is 3.83. The van der Waals surface area contributed by atoms with E-state index in [-0.39, 0.29) is 0 Å². The molecule has 4 nitrogen and oxygen atoms in total. The molecule has 1 N–H and O–H groups in total. The van der Waals surface area contributed by atoms with Gasteiger partial charge in [0, 0.05) is 31.4 Å². The first-order chi connectivity index (χ1) is 10.3. The molecule has 1 saturated heterocycles. The lowest BCUT2D eigenvalue weighted by molar-refractivity contribution is 0.0495. The number of benzene rings is 1. The van der Waals surface area contributed by atoms with E-state index in [4.69, 9.17) is 14.2 Å². The van der Waals surface area contributed by atoms with E-state index in [1.807, 2.05) is 12.1 Å². The van der Waals surface area contributed by atoms with Crippen molar-refractivity contribution in [1.82, 2.24) is 5.32 Å². The number of rotatable bonds is 8. The third kappa shape index (κ3) is 5.21. The summed E-state index contributed by atoms with van der Waals surface area (Å²) >= 11 is 0. The lowest BCUT2D eigenvalue weighted by atomic mass is 10.0.